The van der Waals surface area contributed by atoms with Crippen LogP contribution in [0, 0.1) is 0 Å². The minimum Gasteiger partial charge on any atom is -0.366 e. The summed E-state index contributed by atoms with van der Waals surface area (Å²) in [6, 6.07) is 2.11. The molecule has 0 amide bonds. The van der Waals surface area contributed by atoms with Gasteiger partial charge in [-0.2, -0.15) is 11.3 Å². The average molecular weight is 227 g/mol. The zero-order chi connectivity index (χ0) is 11.5. The average Bonchev–Trinajstić information content (AvgIpc) is 2.66. The molecule has 3 heteroatoms. The fourth-order valence-corrected chi connectivity index (χ4v) is 2.03. The van der Waals surface area contributed by atoms with Crippen LogP contribution in [0.1, 0.15) is 45.8 Å². The first-order valence-corrected chi connectivity index (χ1v) is 6.36. The van der Waals surface area contributed by atoms with Crippen molar-refractivity contribution in [2.45, 2.75) is 51.9 Å². The SMILES string of the molecule is CCC(C)(C)OC(c1ccsc1)C(C)N. The van der Waals surface area contributed by atoms with E-state index in [0.29, 0.717) is 0 Å². The Morgan fingerprint density at radius 3 is 2.60 bits per heavy atom. The largest absolute Gasteiger partial charge is 0.366 e. The lowest BCUT2D eigenvalue weighted by molar-refractivity contribution is -0.0831. The molecule has 0 spiro atoms. The Hall–Kier alpha value is -0.380. The highest BCUT2D eigenvalue weighted by Gasteiger charge is 2.25. The molecule has 1 aromatic heterocycles. The van der Waals surface area contributed by atoms with Gasteiger partial charge in [-0.15, -0.1) is 0 Å². The van der Waals surface area contributed by atoms with Crippen molar-refractivity contribution in [3.05, 3.63) is 22.4 Å². The maximum atomic E-state index is 6.07. The lowest BCUT2D eigenvalue weighted by Crippen LogP contribution is -2.34. The Kier molecular flexibility index (Phi) is 4.32. The third kappa shape index (κ3) is 3.59. The first-order valence-electron chi connectivity index (χ1n) is 5.42. The smallest absolute Gasteiger partial charge is 0.0988 e. The molecule has 1 heterocycles. The van der Waals surface area contributed by atoms with E-state index in [2.05, 4.69) is 37.6 Å². The summed E-state index contributed by atoms with van der Waals surface area (Å²) in [5.41, 5.74) is 7.05. The normalized spacial score (nSPS) is 16.3. The van der Waals surface area contributed by atoms with E-state index < -0.39 is 0 Å². The van der Waals surface area contributed by atoms with Crippen LogP contribution in [0.3, 0.4) is 0 Å². The zero-order valence-corrected chi connectivity index (χ0v) is 10.8. The minimum atomic E-state index is -0.111. The Morgan fingerprint density at radius 2 is 2.20 bits per heavy atom. The molecule has 0 aliphatic heterocycles. The van der Waals surface area contributed by atoms with Crippen molar-refractivity contribution in [1.29, 1.82) is 0 Å². The molecule has 2 nitrogen and oxygen atoms in total. The van der Waals surface area contributed by atoms with Crippen LogP contribution in [0.4, 0.5) is 0 Å². The molecule has 2 unspecified atom stereocenters. The molecule has 86 valence electrons. The summed E-state index contributed by atoms with van der Waals surface area (Å²) in [5, 5.41) is 4.17. The van der Waals surface area contributed by atoms with Crippen molar-refractivity contribution in [1.82, 2.24) is 0 Å². The van der Waals surface area contributed by atoms with Crippen molar-refractivity contribution in [2.75, 3.05) is 0 Å². The maximum Gasteiger partial charge on any atom is 0.0988 e. The molecule has 0 aromatic carbocycles. The van der Waals surface area contributed by atoms with Gasteiger partial charge in [0.15, 0.2) is 0 Å². The van der Waals surface area contributed by atoms with Crippen LogP contribution in [0.25, 0.3) is 0 Å². The Labute approximate surface area is 96.4 Å². The minimum absolute atomic E-state index is 0.00574. The van der Waals surface area contributed by atoms with Gasteiger partial charge in [-0.1, -0.05) is 6.92 Å². The molecule has 0 aliphatic carbocycles. The molecule has 2 atom stereocenters. The second kappa shape index (κ2) is 5.10. The molecule has 0 radical (unpaired) electrons. The van der Waals surface area contributed by atoms with E-state index in [4.69, 9.17) is 10.5 Å². The van der Waals surface area contributed by atoms with E-state index >= 15 is 0 Å². The Bertz CT molecular complexity index is 280. The monoisotopic (exact) mass is 227 g/mol. The first-order chi connectivity index (χ1) is 6.96. The number of nitrogens with two attached hydrogens (primary N) is 1. The summed E-state index contributed by atoms with van der Waals surface area (Å²) >= 11 is 1.68. The number of thiophene rings is 1. The van der Waals surface area contributed by atoms with Crippen LogP contribution in [0.15, 0.2) is 16.8 Å². The van der Waals surface area contributed by atoms with Crippen LogP contribution in [0.5, 0.6) is 0 Å². The first kappa shape index (κ1) is 12.7. The van der Waals surface area contributed by atoms with Gasteiger partial charge in [-0.3, -0.25) is 0 Å². The molecule has 0 saturated heterocycles. The molecule has 1 rings (SSSR count). The Balaban J connectivity index is 2.77. The third-order valence-corrected chi connectivity index (χ3v) is 3.35. The van der Waals surface area contributed by atoms with Crippen LogP contribution in [-0.2, 0) is 4.74 Å². The van der Waals surface area contributed by atoms with Gasteiger partial charge < -0.3 is 10.5 Å². The fourth-order valence-electron chi connectivity index (χ4n) is 1.34. The van der Waals surface area contributed by atoms with E-state index in [1.165, 1.54) is 5.56 Å². The quantitative estimate of drug-likeness (QED) is 0.837. The lowest BCUT2D eigenvalue weighted by Gasteiger charge is -2.31. The van der Waals surface area contributed by atoms with Crippen LogP contribution in [0.2, 0.25) is 0 Å². The highest BCUT2D eigenvalue weighted by atomic mass is 32.1. The second-order valence-corrected chi connectivity index (χ2v) is 5.35. The number of ether oxygens (including phenoxy) is 1. The standard InChI is InChI=1S/C12H21NOS/c1-5-12(3,4)14-11(9(2)13)10-6-7-15-8-10/h6-9,11H,5,13H2,1-4H3. The van der Waals surface area contributed by atoms with Crippen LogP contribution >= 0.6 is 11.3 Å². The predicted octanol–water partition coefficient (Wildman–Crippen LogP) is 3.34. The topological polar surface area (TPSA) is 35.2 Å². The van der Waals surface area contributed by atoms with E-state index in [1.54, 1.807) is 11.3 Å². The molecule has 15 heavy (non-hydrogen) atoms. The summed E-state index contributed by atoms with van der Waals surface area (Å²) in [4.78, 5) is 0. The molecule has 0 aliphatic rings. The second-order valence-electron chi connectivity index (χ2n) is 4.57. The van der Waals surface area contributed by atoms with E-state index in [1.807, 2.05) is 6.92 Å². The van der Waals surface area contributed by atoms with Gasteiger partial charge in [0.2, 0.25) is 0 Å². The summed E-state index contributed by atoms with van der Waals surface area (Å²) in [7, 11) is 0. The summed E-state index contributed by atoms with van der Waals surface area (Å²) in [6.45, 7) is 8.34. The number of rotatable bonds is 5. The van der Waals surface area contributed by atoms with Crippen molar-refractivity contribution in [2.24, 2.45) is 5.73 Å². The maximum absolute atomic E-state index is 6.07. The molecular formula is C12H21NOS. The van der Waals surface area contributed by atoms with Gasteiger partial charge in [-0.05, 0) is 49.6 Å². The third-order valence-electron chi connectivity index (χ3n) is 2.65. The van der Waals surface area contributed by atoms with Gasteiger partial charge in [0, 0.05) is 6.04 Å². The highest BCUT2D eigenvalue weighted by molar-refractivity contribution is 7.07. The van der Waals surface area contributed by atoms with Crippen molar-refractivity contribution < 1.29 is 4.74 Å². The molecular weight excluding hydrogens is 206 g/mol. The molecule has 0 fully saturated rings. The highest BCUT2D eigenvalue weighted by Crippen LogP contribution is 2.29. The Morgan fingerprint density at radius 1 is 1.53 bits per heavy atom. The van der Waals surface area contributed by atoms with E-state index in [-0.39, 0.29) is 17.7 Å². The summed E-state index contributed by atoms with van der Waals surface area (Å²) in [5.74, 6) is 0. The van der Waals surface area contributed by atoms with Gasteiger partial charge >= 0.3 is 0 Å². The molecule has 2 N–H and O–H groups in total. The lowest BCUT2D eigenvalue weighted by atomic mass is 10.0. The molecule has 1 aromatic rings. The van der Waals surface area contributed by atoms with E-state index in [0.717, 1.165) is 6.42 Å². The van der Waals surface area contributed by atoms with Gasteiger partial charge in [0.05, 0.1) is 11.7 Å². The van der Waals surface area contributed by atoms with Crippen LogP contribution in [-0.4, -0.2) is 11.6 Å². The van der Waals surface area contributed by atoms with Gasteiger partial charge in [0.25, 0.3) is 0 Å². The molecule has 0 bridgehead atoms. The van der Waals surface area contributed by atoms with Crippen LogP contribution < -0.4 is 5.73 Å². The van der Waals surface area contributed by atoms with Gasteiger partial charge in [0.1, 0.15) is 0 Å². The summed E-state index contributed by atoms with van der Waals surface area (Å²) < 4.78 is 6.07. The molecule has 0 saturated carbocycles. The van der Waals surface area contributed by atoms with Crippen molar-refractivity contribution in [3.8, 4) is 0 Å². The predicted molar refractivity (Wildman–Crippen MR) is 66.2 cm³/mol. The summed E-state index contributed by atoms with van der Waals surface area (Å²) in [6.07, 6.45) is 0.992. The van der Waals surface area contributed by atoms with Crippen molar-refractivity contribution in [3.63, 3.8) is 0 Å². The fraction of sp³-hybridized carbons (Fsp3) is 0.667. The number of hydrogen-bond acceptors (Lipinski definition) is 3. The van der Waals surface area contributed by atoms with Gasteiger partial charge in [-0.25, -0.2) is 0 Å². The number of hydrogen-bond donors (Lipinski definition) is 1. The van der Waals surface area contributed by atoms with E-state index in [9.17, 15) is 0 Å². The zero-order valence-electron chi connectivity index (χ0n) is 9.99. The van der Waals surface area contributed by atoms with Crippen molar-refractivity contribution >= 4 is 11.3 Å².